The van der Waals surface area contributed by atoms with Crippen LogP contribution in [0.15, 0.2) is 24.3 Å². The maximum absolute atomic E-state index is 11.3. The van der Waals surface area contributed by atoms with Crippen LogP contribution in [0.3, 0.4) is 0 Å². The lowest BCUT2D eigenvalue weighted by Crippen LogP contribution is -2.16. The number of unbranched alkanes of at least 4 members (excludes halogenated alkanes) is 5. The van der Waals surface area contributed by atoms with Gasteiger partial charge in [0, 0.05) is 0 Å². The van der Waals surface area contributed by atoms with Gasteiger partial charge in [0.25, 0.3) is 0 Å². The highest BCUT2D eigenvalue weighted by atomic mass is 16.4. The first-order valence-electron chi connectivity index (χ1n) is 7.64. The van der Waals surface area contributed by atoms with Gasteiger partial charge in [0.2, 0.25) is 0 Å². The summed E-state index contributed by atoms with van der Waals surface area (Å²) < 4.78 is 0. The molecule has 1 atom stereocenters. The monoisotopic (exact) mass is 278 g/mol. The summed E-state index contributed by atoms with van der Waals surface area (Å²) in [6.07, 6.45) is 8.08. The maximum atomic E-state index is 11.3. The van der Waals surface area contributed by atoms with Crippen molar-refractivity contribution < 1.29 is 15.0 Å². The van der Waals surface area contributed by atoms with Crippen LogP contribution in [0.4, 0.5) is 0 Å². The first kappa shape index (κ1) is 16.5. The molecule has 0 fully saturated rings. The highest BCUT2D eigenvalue weighted by molar-refractivity contribution is 5.70. The van der Waals surface area contributed by atoms with Crippen molar-refractivity contribution in [2.45, 2.75) is 58.3 Å². The Labute approximate surface area is 121 Å². The fourth-order valence-corrected chi connectivity index (χ4v) is 2.43. The molecular weight excluding hydrogens is 252 g/mol. The van der Waals surface area contributed by atoms with Gasteiger partial charge in [-0.15, -0.1) is 0 Å². The third kappa shape index (κ3) is 6.09. The number of carboxylic acid groups (broad SMARTS) is 1. The number of hydrogen-bond acceptors (Lipinski definition) is 2. The number of carbonyl (C=O) groups is 1. The number of aliphatic carboxylic acids is 1. The summed E-state index contributed by atoms with van der Waals surface area (Å²) in [5.74, 6) is -0.960. The maximum Gasteiger partial charge on any atom is 0.306 e. The molecule has 1 unspecified atom stereocenters. The van der Waals surface area contributed by atoms with E-state index in [0.29, 0.717) is 12.8 Å². The van der Waals surface area contributed by atoms with Gasteiger partial charge in [0.05, 0.1) is 5.92 Å². The second-order valence-corrected chi connectivity index (χ2v) is 5.42. The third-order valence-corrected chi connectivity index (χ3v) is 3.71. The lowest BCUT2D eigenvalue weighted by Gasteiger charge is -2.13. The Morgan fingerprint density at radius 1 is 1.10 bits per heavy atom. The Morgan fingerprint density at radius 3 is 2.40 bits per heavy atom. The van der Waals surface area contributed by atoms with E-state index in [1.807, 2.05) is 6.07 Å². The Hall–Kier alpha value is -1.51. The van der Waals surface area contributed by atoms with E-state index in [0.717, 1.165) is 18.4 Å². The minimum absolute atomic E-state index is 0.196. The van der Waals surface area contributed by atoms with Crippen LogP contribution in [-0.2, 0) is 11.2 Å². The summed E-state index contributed by atoms with van der Waals surface area (Å²) in [4.78, 5) is 11.3. The van der Waals surface area contributed by atoms with E-state index in [1.165, 1.54) is 25.7 Å². The predicted octanol–water partition coefficient (Wildman–Crippen LogP) is 4.39. The molecule has 1 aromatic rings. The predicted molar refractivity (Wildman–Crippen MR) is 80.9 cm³/mol. The van der Waals surface area contributed by atoms with Crippen molar-refractivity contribution in [3.8, 4) is 5.75 Å². The minimum atomic E-state index is -0.762. The molecule has 0 saturated carbocycles. The van der Waals surface area contributed by atoms with E-state index in [9.17, 15) is 15.0 Å². The van der Waals surface area contributed by atoms with Crippen LogP contribution in [0, 0.1) is 5.92 Å². The van der Waals surface area contributed by atoms with Gasteiger partial charge in [-0.3, -0.25) is 4.79 Å². The molecule has 3 nitrogen and oxygen atoms in total. The number of aromatic hydroxyl groups is 1. The Balaban J connectivity index is 2.38. The largest absolute Gasteiger partial charge is 0.508 e. The number of phenolic OH excluding ortho intramolecular Hbond substituents is 1. The quantitative estimate of drug-likeness (QED) is 0.624. The second-order valence-electron chi connectivity index (χ2n) is 5.42. The highest BCUT2D eigenvalue weighted by Gasteiger charge is 2.18. The summed E-state index contributed by atoms with van der Waals surface area (Å²) >= 11 is 0. The van der Waals surface area contributed by atoms with Crippen LogP contribution in [-0.4, -0.2) is 16.2 Å². The summed E-state index contributed by atoms with van der Waals surface area (Å²) in [7, 11) is 0. The van der Waals surface area contributed by atoms with Crippen molar-refractivity contribution in [2.24, 2.45) is 5.92 Å². The van der Waals surface area contributed by atoms with E-state index >= 15 is 0 Å². The lowest BCUT2D eigenvalue weighted by atomic mass is 9.93. The zero-order valence-corrected chi connectivity index (χ0v) is 12.3. The van der Waals surface area contributed by atoms with Gasteiger partial charge in [0.15, 0.2) is 0 Å². The van der Waals surface area contributed by atoms with Crippen molar-refractivity contribution in [1.29, 1.82) is 0 Å². The molecule has 1 aromatic carbocycles. The lowest BCUT2D eigenvalue weighted by molar-refractivity contribution is -0.142. The molecule has 0 aliphatic heterocycles. The molecule has 3 heteroatoms. The number of benzene rings is 1. The van der Waals surface area contributed by atoms with Gasteiger partial charge < -0.3 is 10.2 Å². The molecule has 0 radical (unpaired) electrons. The van der Waals surface area contributed by atoms with Crippen molar-refractivity contribution in [3.05, 3.63) is 29.8 Å². The van der Waals surface area contributed by atoms with Gasteiger partial charge in [-0.1, -0.05) is 63.6 Å². The molecule has 0 aliphatic rings. The van der Waals surface area contributed by atoms with Gasteiger partial charge in [-0.2, -0.15) is 0 Å². The Kier molecular flexibility index (Phi) is 7.78. The fraction of sp³-hybridized carbons (Fsp3) is 0.588. The molecule has 112 valence electrons. The van der Waals surface area contributed by atoms with Crippen molar-refractivity contribution in [3.63, 3.8) is 0 Å². The van der Waals surface area contributed by atoms with Crippen LogP contribution in [0.25, 0.3) is 0 Å². The van der Waals surface area contributed by atoms with E-state index in [1.54, 1.807) is 18.2 Å². The topological polar surface area (TPSA) is 57.5 Å². The summed E-state index contributed by atoms with van der Waals surface area (Å²) in [6, 6.07) is 6.99. The van der Waals surface area contributed by atoms with E-state index < -0.39 is 11.9 Å². The van der Waals surface area contributed by atoms with E-state index in [2.05, 4.69) is 6.92 Å². The zero-order chi connectivity index (χ0) is 14.8. The smallest absolute Gasteiger partial charge is 0.306 e. The Morgan fingerprint density at radius 2 is 1.75 bits per heavy atom. The fourth-order valence-electron chi connectivity index (χ4n) is 2.43. The van der Waals surface area contributed by atoms with Gasteiger partial charge in [-0.05, 0) is 24.5 Å². The van der Waals surface area contributed by atoms with Crippen LogP contribution >= 0.6 is 0 Å². The summed E-state index contributed by atoms with van der Waals surface area (Å²) in [5, 5.41) is 19.0. The first-order chi connectivity index (χ1) is 9.65. The van der Waals surface area contributed by atoms with Crippen LogP contribution < -0.4 is 0 Å². The molecule has 0 aromatic heterocycles. The van der Waals surface area contributed by atoms with Crippen molar-refractivity contribution in [2.75, 3.05) is 0 Å². The molecule has 0 saturated heterocycles. The Bertz CT molecular complexity index is 401. The van der Waals surface area contributed by atoms with Crippen molar-refractivity contribution >= 4 is 5.97 Å². The molecule has 1 rings (SSSR count). The normalized spacial score (nSPS) is 12.2. The van der Waals surface area contributed by atoms with E-state index in [4.69, 9.17) is 0 Å². The first-order valence-corrected chi connectivity index (χ1v) is 7.64. The number of rotatable bonds is 10. The third-order valence-electron chi connectivity index (χ3n) is 3.71. The van der Waals surface area contributed by atoms with Gasteiger partial charge in [0.1, 0.15) is 5.75 Å². The van der Waals surface area contributed by atoms with Gasteiger partial charge >= 0.3 is 5.97 Å². The van der Waals surface area contributed by atoms with Crippen LogP contribution in [0.2, 0.25) is 0 Å². The standard InChI is InChI=1S/C17H26O3/c1-2-3-4-5-6-7-11-15(17(19)20)13-14-10-8-9-12-16(14)18/h8-10,12,15,18H,2-7,11,13H2,1H3,(H,19,20). The number of para-hydroxylation sites is 1. The average molecular weight is 278 g/mol. The van der Waals surface area contributed by atoms with Crippen LogP contribution in [0.1, 0.15) is 57.4 Å². The molecular formula is C17H26O3. The highest BCUT2D eigenvalue weighted by Crippen LogP contribution is 2.23. The van der Waals surface area contributed by atoms with E-state index in [-0.39, 0.29) is 5.75 Å². The number of hydrogen-bond donors (Lipinski definition) is 2. The van der Waals surface area contributed by atoms with Gasteiger partial charge in [-0.25, -0.2) is 0 Å². The van der Waals surface area contributed by atoms with Crippen LogP contribution in [0.5, 0.6) is 5.75 Å². The molecule has 0 spiro atoms. The number of phenols is 1. The molecule has 0 bridgehead atoms. The SMILES string of the molecule is CCCCCCCCC(Cc1ccccc1O)C(=O)O. The summed E-state index contributed by atoms with van der Waals surface area (Å²) in [6.45, 7) is 2.19. The molecule has 2 N–H and O–H groups in total. The molecule has 0 aliphatic carbocycles. The minimum Gasteiger partial charge on any atom is -0.508 e. The molecule has 20 heavy (non-hydrogen) atoms. The van der Waals surface area contributed by atoms with Crippen molar-refractivity contribution in [1.82, 2.24) is 0 Å². The molecule has 0 amide bonds. The number of carboxylic acids is 1. The average Bonchev–Trinajstić information content (AvgIpc) is 2.43. The second kappa shape index (κ2) is 9.40. The molecule has 0 heterocycles. The summed E-state index contributed by atoms with van der Waals surface area (Å²) in [5.41, 5.74) is 0.728. The zero-order valence-electron chi connectivity index (χ0n) is 12.3.